The summed E-state index contributed by atoms with van der Waals surface area (Å²) in [5.74, 6) is 0.595. The Bertz CT molecular complexity index is 583. The van der Waals surface area contributed by atoms with Gasteiger partial charge in [0.25, 0.3) is 5.22 Å². The molecule has 1 aliphatic carbocycles. The monoisotopic (exact) mass is 339 g/mol. The van der Waals surface area contributed by atoms with E-state index in [-0.39, 0.29) is 0 Å². The molecule has 0 aliphatic heterocycles. The molecule has 4 nitrogen and oxygen atoms in total. The van der Waals surface area contributed by atoms with Gasteiger partial charge in [-0.05, 0) is 48.4 Å². The van der Waals surface area contributed by atoms with E-state index in [1.807, 2.05) is 6.07 Å². The number of rotatable bonds is 5. The van der Waals surface area contributed by atoms with E-state index in [4.69, 9.17) is 4.42 Å². The second kappa shape index (κ2) is 5.64. The van der Waals surface area contributed by atoms with Gasteiger partial charge in [-0.1, -0.05) is 15.9 Å². The fourth-order valence-electron chi connectivity index (χ4n) is 1.74. The molecule has 0 unspecified atom stereocenters. The summed E-state index contributed by atoms with van der Waals surface area (Å²) in [6, 6.07) is 6.95. The van der Waals surface area contributed by atoms with E-state index in [1.165, 1.54) is 30.2 Å². The second-order valence-corrected chi connectivity index (χ2v) is 6.51. The van der Waals surface area contributed by atoms with Gasteiger partial charge < -0.3 is 9.73 Å². The molecule has 0 radical (unpaired) electrons. The average Bonchev–Trinajstić information content (AvgIpc) is 3.13. The van der Waals surface area contributed by atoms with Crippen molar-refractivity contribution in [1.82, 2.24) is 15.5 Å². The zero-order valence-corrected chi connectivity index (χ0v) is 12.9. The summed E-state index contributed by atoms with van der Waals surface area (Å²) < 4.78 is 6.51. The van der Waals surface area contributed by atoms with E-state index >= 15 is 0 Å². The lowest BCUT2D eigenvalue weighted by Crippen LogP contribution is -2.15. The molecular formula is C13H14BrN3OS. The van der Waals surface area contributed by atoms with Crippen LogP contribution >= 0.6 is 27.7 Å². The van der Waals surface area contributed by atoms with Gasteiger partial charge in [-0.15, -0.1) is 10.2 Å². The third-order valence-electron chi connectivity index (χ3n) is 2.89. The van der Waals surface area contributed by atoms with Crippen molar-refractivity contribution in [3.05, 3.63) is 34.1 Å². The summed E-state index contributed by atoms with van der Waals surface area (Å²) >= 11 is 5.03. The zero-order chi connectivity index (χ0) is 13.2. The lowest BCUT2D eigenvalue weighted by Gasteiger charge is -2.09. The van der Waals surface area contributed by atoms with Gasteiger partial charge in [0.05, 0.1) is 0 Å². The molecule has 100 valence electrons. The Hall–Kier alpha value is -0.850. The lowest BCUT2D eigenvalue weighted by atomic mass is 10.2. The SMILES string of the molecule is Cc1nnc(Sc2ccc(Br)cc2CNC2CC2)o1. The summed E-state index contributed by atoms with van der Waals surface area (Å²) in [7, 11) is 0. The molecule has 1 aliphatic rings. The molecule has 0 spiro atoms. The van der Waals surface area contributed by atoms with Gasteiger partial charge >= 0.3 is 0 Å². The predicted octanol–water partition coefficient (Wildman–Crippen LogP) is 3.54. The van der Waals surface area contributed by atoms with Gasteiger partial charge in [0.2, 0.25) is 5.89 Å². The standard InChI is InChI=1S/C13H14BrN3OS/c1-8-16-17-13(18-8)19-12-5-2-10(14)6-9(12)7-15-11-3-4-11/h2,5-6,11,15H,3-4,7H2,1H3. The van der Waals surface area contributed by atoms with E-state index < -0.39 is 0 Å². The van der Waals surface area contributed by atoms with Crippen molar-refractivity contribution >= 4 is 27.7 Å². The van der Waals surface area contributed by atoms with E-state index in [2.05, 4.69) is 43.6 Å². The zero-order valence-electron chi connectivity index (χ0n) is 10.5. The molecule has 3 rings (SSSR count). The molecule has 2 aromatic rings. The fraction of sp³-hybridized carbons (Fsp3) is 0.385. The van der Waals surface area contributed by atoms with Crippen LogP contribution in [0.25, 0.3) is 0 Å². The Morgan fingerprint density at radius 2 is 2.26 bits per heavy atom. The number of benzene rings is 1. The Morgan fingerprint density at radius 3 is 2.95 bits per heavy atom. The predicted molar refractivity (Wildman–Crippen MR) is 77.2 cm³/mol. The Balaban J connectivity index is 1.77. The fourth-order valence-corrected chi connectivity index (χ4v) is 2.98. The summed E-state index contributed by atoms with van der Waals surface area (Å²) in [5.41, 5.74) is 1.25. The summed E-state index contributed by atoms with van der Waals surface area (Å²) in [5, 5.41) is 12.0. The summed E-state index contributed by atoms with van der Waals surface area (Å²) in [6.07, 6.45) is 2.58. The minimum absolute atomic E-state index is 0.590. The highest BCUT2D eigenvalue weighted by Gasteiger charge is 2.20. The molecule has 1 saturated carbocycles. The van der Waals surface area contributed by atoms with Gasteiger partial charge in [-0.25, -0.2) is 0 Å². The highest BCUT2D eigenvalue weighted by atomic mass is 79.9. The van der Waals surface area contributed by atoms with Crippen LogP contribution in [0.2, 0.25) is 0 Å². The summed E-state index contributed by atoms with van der Waals surface area (Å²) in [6.45, 7) is 2.67. The number of hydrogen-bond donors (Lipinski definition) is 1. The van der Waals surface area contributed by atoms with Crippen LogP contribution in [0.5, 0.6) is 0 Å². The lowest BCUT2D eigenvalue weighted by molar-refractivity contribution is 0.429. The molecule has 19 heavy (non-hydrogen) atoms. The van der Waals surface area contributed by atoms with Crippen LogP contribution in [-0.4, -0.2) is 16.2 Å². The maximum atomic E-state index is 5.42. The summed E-state index contributed by atoms with van der Waals surface area (Å²) in [4.78, 5) is 1.15. The molecule has 1 aromatic carbocycles. The van der Waals surface area contributed by atoms with Crippen molar-refractivity contribution < 1.29 is 4.42 Å². The Kier molecular flexibility index (Phi) is 3.91. The third-order valence-corrected chi connectivity index (χ3v) is 4.34. The highest BCUT2D eigenvalue weighted by Crippen LogP contribution is 2.32. The number of aryl methyl sites for hydroxylation is 1. The van der Waals surface area contributed by atoms with E-state index in [0.29, 0.717) is 17.2 Å². The van der Waals surface area contributed by atoms with Gasteiger partial charge in [0.1, 0.15) is 0 Å². The topological polar surface area (TPSA) is 51.0 Å². The molecule has 0 atom stereocenters. The van der Waals surface area contributed by atoms with Crippen molar-refractivity contribution in [2.45, 2.75) is 42.5 Å². The Labute approximate surface area is 124 Å². The number of nitrogens with zero attached hydrogens (tertiary/aromatic N) is 2. The van der Waals surface area contributed by atoms with Crippen LogP contribution in [-0.2, 0) is 6.54 Å². The van der Waals surface area contributed by atoms with E-state index in [1.54, 1.807) is 6.92 Å². The third kappa shape index (κ3) is 3.58. The molecule has 1 N–H and O–H groups in total. The quantitative estimate of drug-likeness (QED) is 0.902. The second-order valence-electron chi connectivity index (χ2n) is 4.60. The van der Waals surface area contributed by atoms with Crippen molar-refractivity contribution in [3.8, 4) is 0 Å². The van der Waals surface area contributed by atoms with Gasteiger partial charge in [0.15, 0.2) is 0 Å². The number of halogens is 1. The number of hydrogen-bond acceptors (Lipinski definition) is 5. The largest absolute Gasteiger partial charge is 0.416 e. The van der Waals surface area contributed by atoms with Crippen LogP contribution in [0.4, 0.5) is 0 Å². The highest BCUT2D eigenvalue weighted by molar-refractivity contribution is 9.10. The van der Waals surface area contributed by atoms with Crippen molar-refractivity contribution in [2.75, 3.05) is 0 Å². The Morgan fingerprint density at radius 1 is 1.42 bits per heavy atom. The van der Waals surface area contributed by atoms with Gasteiger partial charge in [-0.3, -0.25) is 0 Å². The molecular weight excluding hydrogens is 326 g/mol. The van der Waals surface area contributed by atoms with Crippen LogP contribution in [0.15, 0.2) is 37.2 Å². The molecule has 0 amide bonds. The van der Waals surface area contributed by atoms with E-state index in [0.717, 1.165) is 15.9 Å². The molecule has 6 heteroatoms. The number of aromatic nitrogens is 2. The number of nitrogens with one attached hydrogen (secondary N) is 1. The molecule has 0 saturated heterocycles. The first kappa shape index (κ1) is 13.1. The first-order valence-corrected chi connectivity index (χ1v) is 7.81. The normalized spacial score (nSPS) is 14.8. The van der Waals surface area contributed by atoms with Crippen molar-refractivity contribution in [3.63, 3.8) is 0 Å². The molecule has 1 aromatic heterocycles. The van der Waals surface area contributed by atoms with Crippen molar-refractivity contribution in [2.24, 2.45) is 0 Å². The van der Waals surface area contributed by atoms with Gasteiger partial charge in [-0.2, -0.15) is 0 Å². The van der Waals surface area contributed by atoms with Crippen LogP contribution in [0, 0.1) is 6.92 Å². The maximum Gasteiger partial charge on any atom is 0.281 e. The minimum atomic E-state index is 0.590. The van der Waals surface area contributed by atoms with E-state index in [9.17, 15) is 0 Å². The maximum absolute atomic E-state index is 5.42. The van der Waals surface area contributed by atoms with Crippen LogP contribution in [0.1, 0.15) is 24.3 Å². The minimum Gasteiger partial charge on any atom is -0.416 e. The van der Waals surface area contributed by atoms with Crippen molar-refractivity contribution in [1.29, 1.82) is 0 Å². The molecule has 0 bridgehead atoms. The first-order chi connectivity index (χ1) is 9.20. The molecule has 1 heterocycles. The smallest absolute Gasteiger partial charge is 0.281 e. The van der Waals surface area contributed by atoms with Gasteiger partial charge in [0, 0.05) is 28.9 Å². The van der Waals surface area contributed by atoms with Crippen LogP contribution < -0.4 is 5.32 Å². The average molecular weight is 340 g/mol. The first-order valence-electron chi connectivity index (χ1n) is 6.20. The van der Waals surface area contributed by atoms with Crippen LogP contribution in [0.3, 0.4) is 0 Å². The molecule has 1 fully saturated rings.